The zero-order valence-corrected chi connectivity index (χ0v) is 9.57. The first-order valence-electron chi connectivity index (χ1n) is 5.90. The van der Waals surface area contributed by atoms with Crippen LogP contribution in [0.4, 0.5) is 0 Å². The summed E-state index contributed by atoms with van der Waals surface area (Å²) in [7, 11) is 0. The van der Waals surface area contributed by atoms with Gasteiger partial charge in [0.2, 0.25) is 0 Å². The number of hydrogen-bond donors (Lipinski definition) is 0. The first-order chi connectivity index (χ1) is 8.33. The fourth-order valence-corrected chi connectivity index (χ4v) is 2.26. The molecule has 3 nitrogen and oxygen atoms in total. The predicted octanol–water partition coefficient (Wildman–Crippen LogP) is 2.55. The van der Waals surface area contributed by atoms with Crippen LogP contribution in [0.2, 0.25) is 0 Å². The van der Waals surface area contributed by atoms with E-state index in [2.05, 4.69) is 6.08 Å². The van der Waals surface area contributed by atoms with Crippen molar-refractivity contribution < 1.29 is 14.3 Å². The number of ether oxygens (including phenoxy) is 2. The van der Waals surface area contributed by atoms with E-state index in [0.29, 0.717) is 12.2 Å². The van der Waals surface area contributed by atoms with E-state index in [1.807, 2.05) is 18.2 Å². The van der Waals surface area contributed by atoms with Gasteiger partial charge >= 0.3 is 5.97 Å². The molecule has 2 aliphatic heterocycles. The van der Waals surface area contributed by atoms with Crippen LogP contribution in [-0.4, -0.2) is 19.2 Å². The molecule has 0 spiro atoms. The minimum atomic E-state index is -0.203. The third kappa shape index (κ3) is 2.11. The molecule has 17 heavy (non-hydrogen) atoms. The topological polar surface area (TPSA) is 35.5 Å². The van der Waals surface area contributed by atoms with Crippen LogP contribution >= 0.6 is 0 Å². The Morgan fingerprint density at radius 1 is 1.18 bits per heavy atom. The fraction of sp³-hybridized carbons (Fsp3) is 0.357. The van der Waals surface area contributed by atoms with Gasteiger partial charge in [0, 0.05) is 5.56 Å². The highest BCUT2D eigenvalue weighted by Crippen LogP contribution is 2.23. The molecule has 0 saturated carbocycles. The van der Waals surface area contributed by atoms with E-state index in [-0.39, 0.29) is 5.97 Å². The molecule has 0 N–H and O–H groups in total. The molecule has 0 amide bonds. The minimum absolute atomic E-state index is 0.203. The maximum atomic E-state index is 11.3. The highest BCUT2D eigenvalue weighted by atomic mass is 16.5. The Balaban J connectivity index is 1.87. The number of hydrogen-bond acceptors (Lipinski definition) is 3. The number of cyclic esters (lactones) is 1. The van der Waals surface area contributed by atoms with Crippen molar-refractivity contribution in [2.45, 2.75) is 19.4 Å². The Hall–Kier alpha value is -1.61. The van der Waals surface area contributed by atoms with Gasteiger partial charge in [0.1, 0.15) is 6.61 Å². The van der Waals surface area contributed by atoms with Crippen LogP contribution in [0.1, 0.15) is 34.3 Å². The second kappa shape index (κ2) is 4.34. The summed E-state index contributed by atoms with van der Waals surface area (Å²) in [4.78, 5) is 11.3. The largest absolute Gasteiger partial charge is 0.457 e. The van der Waals surface area contributed by atoms with Crippen molar-refractivity contribution in [2.75, 3.05) is 13.2 Å². The van der Waals surface area contributed by atoms with Crippen LogP contribution in [0.25, 0.3) is 6.08 Å². The maximum Gasteiger partial charge on any atom is 0.338 e. The highest BCUT2D eigenvalue weighted by Gasteiger charge is 2.20. The van der Waals surface area contributed by atoms with Crippen LogP contribution < -0.4 is 0 Å². The standard InChI is InChI=1S/C14H14O3/c15-14-13-2-1-11(8-12(13)9-17-14)7-10-3-5-16-6-4-10/h1-2,7-8H,3-6,9H2. The number of fused-ring (bicyclic) bond motifs is 1. The molecular formula is C14H14O3. The molecule has 0 bridgehead atoms. The van der Waals surface area contributed by atoms with Gasteiger partial charge in [-0.05, 0) is 30.5 Å². The number of esters is 1. The SMILES string of the molecule is O=C1OCc2cc(C=C3CCOCC3)ccc21. The molecule has 1 aromatic rings. The zero-order valence-electron chi connectivity index (χ0n) is 9.57. The minimum Gasteiger partial charge on any atom is -0.457 e. The number of rotatable bonds is 1. The molecule has 3 heteroatoms. The molecule has 0 radical (unpaired) electrons. The molecule has 0 atom stereocenters. The van der Waals surface area contributed by atoms with E-state index in [0.717, 1.165) is 37.2 Å². The van der Waals surface area contributed by atoms with Gasteiger partial charge in [-0.2, -0.15) is 0 Å². The third-order valence-electron chi connectivity index (χ3n) is 3.21. The van der Waals surface area contributed by atoms with E-state index >= 15 is 0 Å². The van der Waals surface area contributed by atoms with E-state index in [1.165, 1.54) is 5.57 Å². The van der Waals surface area contributed by atoms with Crippen molar-refractivity contribution >= 4 is 12.0 Å². The molecule has 1 fully saturated rings. The molecule has 0 unspecified atom stereocenters. The predicted molar refractivity (Wildman–Crippen MR) is 63.6 cm³/mol. The van der Waals surface area contributed by atoms with Gasteiger partial charge in [0.15, 0.2) is 0 Å². The van der Waals surface area contributed by atoms with Crippen LogP contribution in [0, 0.1) is 0 Å². The Morgan fingerprint density at radius 2 is 2.00 bits per heavy atom. The molecule has 1 saturated heterocycles. The number of carbonyl (C=O) groups excluding carboxylic acids is 1. The van der Waals surface area contributed by atoms with E-state index in [1.54, 1.807) is 0 Å². The lowest BCUT2D eigenvalue weighted by molar-refractivity contribution is 0.0535. The second-order valence-electron chi connectivity index (χ2n) is 4.41. The average molecular weight is 230 g/mol. The van der Waals surface area contributed by atoms with Crippen LogP contribution in [0.15, 0.2) is 23.8 Å². The van der Waals surface area contributed by atoms with Gasteiger partial charge < -0.3 is 9.47 Å². The molecule has 88 valence electrons. The summed E-state index contributed by atoms with van der Waals surface area (Å²) in [5, 5.41) is 0. The Morgan fingerprint density at radius 3 is 2.82 bits per heavy atom. The van der Waals surface area contributed by atoms with E-state index in [9.17, 15) is 4.79 Å². The molecule has 3 rings (SSSR count). The first kappa shape index (κ1) is 10.5. The van der Waals surface area contributed by atoms with Crippen molar-refractivity contribution in [2.24, 2.45) is 0 Å². The molecule has 0 aromatic heterocycles. The van der Waals surface area contributed by atoms with Gasteiger partial charge in [0.25, 0.3) is 0 Å². The van der Waals surface area contributed by atoms with Gasteiger partial charge in [-0.25, -0.2) is 4.79 Å². The molecule has 1 aromatic carbocycles. The van der Waals surface area contributed by atoms with Crippen molar-refractivity contribution in [1.82, 2.24) is 0 Å². The maximum absolute atomic E-state index is 11.3. The van der Waals surface area contributed by atoms with E-state index in [4.69, 9.17) is 9.47 Å². The lowest BCUT2D eigenvalue weighted by Crippen LogP contribution is -2.06. The van der Waals surface area contributed by atoms with Crippen molar-refractivity contribution in [3.05, 3.63) is 40.5 Å². The summed E-state index contributed by atoms with van der Waals surface area (Å²) in [6.07, 6.45) is 4.21. The zero-order chi connectivity index (χ0) is 11.7. The van der Waals surface area contributed by atoms with Gasteiger partial charge in [-0.3, -0.25) is 0 Å². The molecular weight excluding hydrogens is 216 g/mol. The van der Waals surface area contributed by atoms with Gasteiger partial charge in [-0.1, -0.05) is 17.7 Å². The van der Waals surface area contributed by atoms with Crippen LogP contribution in [-0.2, 0) is 16.1 Å². The number of carbonyl (C=O) groups is 1. The summed E-state index contributed by atoms with van der Waals surface area (Å²) >= 11 is 0. The summed E-state index contributed by atoms with van der Waals surface area (Å²) < 4.78 is 10.3. The molecule has 2 heterocycles. The van der Waals surface area contributed by atoms with Crippen LogP contribution in [0.5, 0.6) is 0 Å². The lowest BCUT2D eigenvalue weighted by atomic mass is 10.0. The third-order valence-corrected chi connectivity index (χ3v) is 3.21. The first-order valence-corrected chi connectivity index (χ1v) is 5.90. The van der Waals surface area contributed by atoms with Crippen molar-refractivity contribution in [1.29, 1.82) is 0 Å². The van der Waals surface area contributed by atoms with Gasteiger partial charge in [-0.15, -0.1) is 0 Å². The normalized spacial score (nSPS) is 18.8. The van der Waals surface area contributed by atoms with Gasteiger partial charge in [0.05, 0.1) is 18.8 Å². The molecule has 0 aliphatic carbocycles. The molecule has 2 aliphatic rings. The Bertz CT molecular complexity index is 480. The Labute approximate surface area is 100 Å². The van der Waals surface area contributed by atoms with Crippen LogP contribution in [0.3, 0.4) is 0 Å². The smallest absolute Gasteiger partial charge is 0.338 e. The average Bonchev–Trinajstić information content (AvgIpc) is 2.72. The summed E-state index contributed by atoms with van der Waals surface area (Å²) in [6.45, 7) is 2.05. The fourth-order valence-electron chi connectivity index (χ4n) is 2.26. The lowest BCUT2D eigenvalue weighted by Gasteiger charge is -2.14. The number of benzene rings is 1. The summed E-state index contributed by atoms with van der Waals surface area (Å²) in [5.74, 6) is -0.203. The summed E-state index contributed by atoms with van der Waals surface area (Å²) in [6, 6.07) is 5.88. The summed E-state index contributed by atoms with van der Waals surface area (Å²) in [5.41, 5.74) is 4.27. The highest BCUT2D eigenvalue weighted by molar-refractivity contribution is 5.93. The van der Waals surface area contributed by atoms with E-state index < -0.39 is 0 Å². The quantitative estimate of drug-likeness (QED) is 0.695. The van der Waals surface area contributed by atoms with Crippen molar-refractivity contribution in [3.8, 4) is 0 Å². The second-order valence-corrected chi connectivity index (χ2v) is 4.41. The monoisotopic (exact) mass is 230 g/mol. The van der Waals surface area contributed by atoms with Crippen molar-refractivity contribution in [3.63, 3.8) is 0 Å². The Kier molecular flexibility index (Phi) is 2.69.